The number of carbonyl (C=O) groups excluding carboxylic acids is 1. The number of carbonyl (C=O) groups is 1. The van der Waals surface area contributed by atoms with Crippen LogP contribution in [0.2, 0.25) is 0 Å². The van der Waals surface area contributed by atoms with Crippen LogP contribution in [-0.4, -0.2) is 27.2 Å². The molecule has 0 aliphatic rings. The zero-order valence-electron chi connectivity index (χ0n) is 18.7. The Morgan fingerprint density at radius 1 is 0.912 bits per heavy atom. The predicted octanol–water partition coefficient (Wildman–Crippen LogP) is 4.61. The molecule has 1 N–H and O–H groups in total. The third-order valence-corrected chi connectivity index (χ3v) is 5.23. The lowest BCUT2D eigenvalue weighted by molar-refractivity contribution is 0.102. The van der Waals surface area contributed by atoms with Gasteiger partial charge in [-0.2, -0.15) is 5.26 Å². The smallest absolute Gasteiger partial charge is 0.255 e. The Kier molecular flexibility index (Phi) is 6.19. The molecule has 8 heteroatoms. The normalized spacial score (nSPS) is 10.4. The Labute approximate surface area is 194 Å². The molecular weight excluding hydrogens is 436 g/mol. The number of nitrogens with one attached hydrogen (secondary N) is 1. The largest absolute Gasteiger partial charge is 0.493 e. The Bertz CT molecular complexity index is 1470. The number of amides is 1. The van der Waals surface area contributed by atoms with E-state index in [-0.39, 0.29) is 28.1 Å². The van der Waals surface area contributed by atoms with Gasteiger partial charge in [0.2, 0.25) is 5.75 Å². The van der Waals surface area contributed by atoms with E-state index in [9.17, 15) is 9.59 Å². The monoisotopic (exact) mass is 456 g/mol. The van der Waals surface area contributed by atoms with Crippen molar-refractivity contribution in [2.24, 2.45) is 0 Å². The first-order chi connectivity index (χ1) is 16.5. The first kappa shape index (κ1) is 22.4. The molecule has 8 nitrogen and oxygen atoms in total. The van der Waals surface area contributed by atoms with Gasteiger partial charge in [-0.15, -0.1) is 0 Å². The molecule has 0 atom stereocenters. The number of rotatable bonds is 6. The lowest BCUT2D eigenvalue weighted by atomic mass is 10.1. The molecule has 0 radical (unpaired) electrons. The van der Waals surface area contributed by atoms with E-state index in [0.29, 0.717) is 39.6 Å². The van der Waals surface area contributed by atoms with Gasteiger partial charge in [-0.05, 0) is 48.5 Å². The molecule has 4 aromatic rings. The summed E-state index contributed by atoms with van der Waals surface area (Å²) in [6.45, 7) is 0. The molecule has 3 aromatic carbocycles. The number of benzene rings is 3. The Balaban J connectivity index is 1.65. The first-order valence-corrected chi connectivity index (χ1v) is 10.2. The quantitative estimate of drug-likeness (QED) is 0.451. The van der Waals surface area contributed by atoms with E-state index >= 15 is 0 Å². The number of hydrogen-bond donors (Lipinski definition) is 1. The lowest BCUT2D eigenvalue weighted by Gasteiger charge is -2.14. The summed E-state index contributed by atoms with van der Waals surface area (Å²) in [5.41, 5.74) is 2.11. The molecule has 0 saturated heterocycles. The molecule has 0 aliphatic carbocycles. The minimum absolute atomic E-state index is 0.234. The van der Waals surface area contributed by atoms with Gasteiger partial charge in [0.15, 0.2) is 16.9 Å². The highest BCUT2D eigenvalue weighted by molar-refractivity contribution is 6.04. The second-order valence-corrected chi connectivity index (χ2v) is 7.21. The topological polar surface area (TPSA) is 111 Å². The molecule has 170 valence electrons. The molecule has 4 rings (SSSR count). The van der Waals surface area contributed by atoms with Gasteiger partial charge >= 0.3 is 0 Å². The van der Waals surface area contributed by atoms with Crippen molar-refractivity contribution in [2.75, 3.05) is 26.6 Å². The van der Waals surface area contributed by atoms with Crippen molar-refractivity contribution >= 4 is 22.6 Å². The number of hydrogen-bond acceptors (Lipinski definition) is 7. The number of fused-ring (bicyclic) bond motifs is 1. The molecule has 0 spiro atoms. The molecule has 1 amide bonds. The summed E-state index contributed by atoms with van der Waals surface area (Å²) in [4.78, 5) is 25.4. The first-order valence-electron chi connectivity index (χ1n) is 10.2. The van der Waals surface area contributed by atoms with Crippen LogP contribution >= 0.6 is 0 Å². The van der Waals surface area contributed by atoms with Gasteiger partial charge in [0.25, 0.3) is 5.91 Å². The number of anilines is 1. The molecule has 0 fully saturated rings. The van der Waals surface area contributed by atoms with Crippen LogP contribution in [0.3, 0.4) is 0 Å². The van der Waals surface area contributed by atoms with Gasteiger partial charge in [0.1, 0.15) is 16.7 Å². The Morgan fingerprint density at radius 2 is 1.59 bits per heavy atom. The van der Waals surface area contributed by atoms with E-state index in [1.807, 2.05) is 6.07 Å². The van der Waals surface area contributed by atoms with Crippen molar-refractivity contribution in [1.82, 2.24) is 0 Å². The van der Waals surface area contributed by atoms with Crippen LogP contribution in [0.4, 0.5) is 5.69 Å². The van der Waals surface area contributed by atoms with Crippen molar-refractivity contribution in [3.63, 3.8) is 0 Å². The van der Waals surface area contributed by atoms with Gasteiger partial charge in [-0.1, -0.05) is 0 Å². The maximum absolute atomic E-state index is 12.9. The third-order valence-electron chi connectivity index (χ3n) is 5.23. The fourth-order valence-electron chi connectivity index (χ4n) is 3.55. The molecule has 34 heavy (non-hydrogen) atoms. The van der Waals surface area contributed by atoms with E-state index in [1.54, 1.807) is 54.6 Å². The second kappa shape index (κ2) is 9.38. The van der Waals surface area contributed by atoms with Crippen LogP contribution < -0.4 is 25.0 Å². The standard InChI is InChI=1S/C26H20N2O6/c1-31-22-13-21-23(25(33-3)24(22)32-2)19(29)12-20(34-21)16-8-10-18(11-9-16)28-26(30)17-6-4-15(14-27)5-7-17/h4-13H,1-3H3,(H,28,30). The fourth-order valence-corrected chi connectivity index (χ4v) is 3.55. The van der Waals surface area contributed by atoms with Crippen molar-refractivity contribution in [2.45, 2.75) is 0 Å². The van der Waals surface area contributed by atoms with Crippen molar-refractivity contribution in [3.05, 3.63) is 82.0 Å². The number of methoxy groups -OCH3 is 3. The van der Waals surface area contributed by atoms with Crippen LogP contribution in [0.15, 0.2) is 69.9 Å². The minimum Gasteiger partial charge on any atom is -0.493 e. The summed E-state index contributed by atoms with van der Waals surface area (Å²) < 4.78 is 22.1. The molecule has 1 heterocycles. The summed E-state index contributed by atoms with van der Waals surface area (Å²) >= 11 is 0. The SMILES string of the molecule is COc1cc2oc(-c3ccc(NC(=O)c4ccc(C#N)cc4)cc3)cc(=O)c2c(OC)c1OC. The molecule has 0 bridgehead atoms. The van der Waals surface area contributed by atoms with Crippen LogP contribution in [0, 0.1) is 11.3 Å². The van der Waals surface area contributed by atoms with Crippen molar-refractivity contribution in [3.8, 4) is 34.6 Å². The Hall–Kier alpha value is -4.77. The van der Waals surface area contributed by atoms with Crippen LogP contribution in [0.1, 0.15) is 15.9 Å². The van der Waals surface area contributed by atoms with Crippen molar-refractivity contribution < 1.29 is 23.4 Å². The van der Waals surface area contributed by atoms with Gasteiger partial charge < -0.3 is 23.9 Å². The van der Waals surface area contributed by atoms with Crippen LogP contribution in [0.5, 0.6) is 17.2 Å². The average Bonchev–Trinajstić information content (AvgIpc) is 2.87. The molecule has 0 saturated carbocycles. The van der Waals surface area contributed by atoms with Gasteiger partial charge in [-0.25, -0.2) is 0 Å². The highest BCUT2D eigenvalue weighted by Crippen LogP contribution is 2.42. The zero-order chi connectivity index (χ0) is 24.2. The van der Waals surface area contributed by atoms with Gasteiger partial charge in [-0.3, -0.25) is 9.59 Å². The molecule has 0 aliphatic heterocycles. The van der Waals surface area contributed by atoms with E-state index in [2.05, 4.69) is 5.32 Å². The van der Waals surface area contributed by atoms with E-state index in [4.69, 9.17) is 23.9 Å². The van der Waals surface area contributed by atoms with Crippen LogP contribution in [0.25, 0.3) is 22.3 Å². The predicted molar refractivity (Wildman–Crippen MR) is 127 cm³/mol. The summed E-state index contributed by atoms with van der Waals surface area (Å²) in [6.07, 6.45) is 0. The molecular formula is C26H20N2O6. The van der Waals surface area contributed by atoms with E-state index < -0.39 is 0 Å². The van der Waals surface area contributed by atoms with Gasteiger partial charge in [0, 0.05) is 28.9 Å². The maximum atomic E-state index is 12.9. The summed E-state index contributed by atoms with van der Waals surface area (Å²) in [7, 11) is 4.38. The fraction of sp³-hybridized carbons (Fsp3) is 0.115. The highest BCUT2D eigenvalue weighted by Gasteiger charge is 2.20. The van der Waals surface area contributed by atoms with Crippen molar-refractivity contribution in [1.29, 1.82) is 5.26 Å². The number of nitriles is 1. The third kappa shape index (κ3) is 4.14. The maximum Gasteiger partial charge on any atom is 0.255 e. The summed E-state index contributed by atoms with van der Waals surface area (Å²) in [6, 6.07) is 18.2. The van der Waals surface area contributed by atoms with E-state index in [1.165, 1.54) is 27.4 Å². The minimum atomic E-state index is -0.303. The number of ether oxygens (including phenoxy) is 3. The zero-order valence-corrected chi connectivity index (χ0v) is 18.7. The number of nitrogens with zero attached hydrogens (tertiary/aromatic N) is 1. The highest BCUT2D eigenvalue weighted by atomic mass is 16.5. The molecule has 0 unspecified atom stereocenters. The van der Waals surface area contributed by atoms with E-state index in [0.717, 1.165) is 0 Å². The second-order valence-electron chi connectivity index (χ2n) is 7.21. The van der Waals surface area contributed by atoms with Crippen LogP contribution in [-0.2, 0) is 0 Å². The molecule has 1 aromatic heterocycles. The summed E-state index contributed by atoms with van der Waals surface area (Å²) in [5.74, 6) is 0.949. The lowest BCUT2D eigenvalue weighted by Crippen LogP contribution is -2.11. The average molecular weight is 456 g/mol. The van der Waals surface area contributed by atoms with Gasteiger partial charge in [0.05, 0.1) is 33.0 Å². The summed E-state index contributed by atoms with van der Waals surface area (Å²) in [5, 5.41) is 11.9. The Morgan fingerprint density at radius 3 is 2.18 bits per heavy atom.